The van der Waals surface area contributed by atoms with Crippen molar-refractivity contribution >= 4 is 27.3 Å². The Kier molecular flexibility index (Phi) is 3.55. The van der Waals surface area contributed by atoms with Gasteiger partial charge in [-0.15, -0.1) is 11.3 Å². The van der Waals surface area contributed by atoms with Crippen molar-refractivity contribution in [1.29, 1.82) is 0 Å². The van der Waals surface area contributed by atoms with Gasteiger partial charge in [0, 0.05) is 22.9 Å². The molecule has 0 saturated heterocycles. The molecule has 0 amide bonds. The Labute approximate surface area is 120 Å². The molecule has 1 aromatic heterocycles. The van der Waals surface area contributed by atoms with Crippen LogP contribution in [0.5, 0.6) is 0 Å². The Bertz CT molecular complexity index is 522. The van der Waals surface area contributed by atoms with Crippen LogP contribution in [0.15, 0.2) is 46.3 Å². The van der Waals surface area contributed by atoms with Gasteiger partial charge in [0.05, 0.1) is 3.79 Å². The molecule has 18 heavy (non-hydrogen) atoms. The van der Waals surface area contributed by atoms with Crippen molar-refractivity contribution in [2.24, 2.45) is 0 Å². The van der Waals surface area contributed by atoms with E-state index < -0.39 is 0 Å². The zero-order chi connectivity index (χ0) is 12.5. The highest BCUT2D eigenvalue weighted by atomic mass is 79.9. The number of benzene rings is 1. The van der Waals surface area contributed by atoms with Crippen LogP contribution in [-0.2, 0) is 0 Å². The first-order chi connectivity index (χ1) is 8.74. The number of hydrogen-bond donors (Lipinski definition) is 1. The summed E-state index contributed by atoms with van der Waals surface area (Å²) in [5.74, 6) is 0.706. The van der Waals surface area contributed by atoms with Gasteiger partial charge in [0.15, 0.2) is 0 Å². The van der Waals surface area contributed by atoms with E-state index >= 15 is 0 Å². The molecule has 0 radical (unpaired) electrons. The van der Waals surface area contributed by atoms with Crippen LogP contribution in [0.4, 0.5) is 0 Å². The standard InChI is InChI=1S/C15H16BrNS/c1-10(14-7-8-15(16)18-14)17-13-9-12(13)11-5-3-2-4-6-11/h2-8,10,12-13,17H,9H2,1H3. The fraction of sp³-hybridized carbons (Fsp3) is 0.333. The van der Waals surface area contributed by atoms with E-state index in [0.717, 1.165) is 0 Å². The fourth-order valence-electron chi connectivity index (χ4n) is 2.41. The predicted molar refractivity (Wildman–Crippen MR) is 81.2 cm³/mol. The molecule has 1 nitrogen and oxygen atoms in total. The van der Waals surface area contributed by atoms with Gasteiger partial charge in [0.25, 0.3) is 0 Å². The van der Waals surface area contributed by atoms with E-state index in [1.807, 2.05) is 11.3 Å². The Morgan fingerprint density at radius 3 is 2.67 bits per heavy atom. The second-order valence-corrected chi connectivity index (χ2v) is 7.38. The van der Waals surface area contributed by atoms with Gasteiger partial charge in [0.1, 0.15) is 0 Å². The number of rotatable bonds is 4. The van der Waals surface area contributed by atoms with Crippen LogP contribution in [0.3, 0.4) is 0 Å². The molecule has 1 aliphatic rings. The molecule has 0 aliphatic heterocycles. The van der Waals surface area contributed by atoms with Crippen LogP contribution in [0, 0.1) is 0 Å². The average Bonchev–Trinajstić information content (AvgIpc) is 3.01. The second kappa shape index (κ2) is 5.16. The summed E-state index contributed by atoms with van der Waals surface area (Å²) >= 11 is 5.34. The van der Waals surface area contributed by atoms with Crippen LogP contribution in [0.25, 0.3) is 0 Å². The molecule has 1 aliphatic carbocycles. The summed E-state index contributed by atoms with van der Waals surface area (Å²) in [6.07, 6.45) is 1.26. The molecule has 3 heteroatoms. The smallest absolute Gasteiger partial charge is 0.0701 e. The minimum absolute atomic E-state index is 0.444. The third-order valence-electron chi connectivity index (χ3n) is 3.50. The molecule has 3 unspecified atom stereocenters. The van der Waals surface area contributed by atoms with Crippen molar-refractivity contribution < 1.29 is 0 Å². The maximum absolute atomic E-state index is 3.72. The highest BCUT2D eigenvalue weighted by Crippen LogP contribution is 2.42. The first-order valence-corrected chi connectivity index (χ1v) is 7.91. The molecule has 1 aromatic carbocycles. The van der Waals surface area contributed by atoms with E-state index in [-0.39, 0.29) is 0 Å². The first kappa shape index (κ1) is 12.4. The largest absolute Gasteiger partial charge is 0.306 e. The summed E-state index contributed by atoms with van der Waals surface area (Å²) < 4.78 is 1.21. The molecule has 2 aromatic rings. The minimum Gasteiger partial charge on any atom is -0.306 e. The van der Waals surface area contributed by atoms with Crippen LogP contribution >= 0.6 is 27.3 Å². The number of thiophene rings is 1. The molecular weight excluding hydrogens is 306 g/mol. The lowest BCUT2D eigenvalue weighted by molar-refractivity contribution is 0.570. The monoisotopic (exact) mass is 321 g/mol. The van der Waals surface area contributed by atoms with Gasteiger partial charge in [0.2, 0.25) is 0 Å². The minimum atomic E-state index is 0.444. The third-order valence-corrected chi connectivity index (χ3v) is 5.31. The summed E-state index contributed by atoms with van der Waals surface area (Å²) in [6.45, 7) is 2.25. The van der Waals surface area contributed by atoms with E-state index in [2.05, 4.69) is 70.6 Å². The molecule has 1 N–H and O–H groups in total. The lowest BCUT2D eigenvalue weighted by atomic mass is 10.1. The maximum atomic E-state index is 3.72. The normalized spacial score (nSPS) is 23.9. The van der Waals surface area contributed by atoms with Crippen LogP contribution in [-0.4, -0.2) is 6.04 Å². The Balaban J connectivity index is 1.60. The lowest BCUT2D eigenvalue weighted by Gasteiger charge is -2.11. The summed E-state index contributed by atoms with van der Waals surface area (Å²) in [6, 6.07) is 16.2. The molecule has 1 heterocycles. The van der Waals surface area contributed by atoms with Gasteiger partial charge < -0.3 is 5.32 Å². The van der Waals surface area contributed by atoms with Crippen molar-refractivity contribution in [3.05, 3.63) is 56.7 Å². The Hall–Kier alpha value is -0.640. The van der Waals surface area contributed by atoms with Crippen molar-refractivity contribution in [2.75, 3.05) is 0 Å². The van der Waals surface area contributed by atoms with E-state index in [9.17, 15) is 0 Å². The summed E-state index contributed by atoms with van der Waals surface area (Å²) in [5.41, 5.74) is 1.47. The van der Waals surface area contributed by atoms with Gasteiger partial charge in [-0.1, -0.05) is 30.3 Å². The van der Waals surface area contributed by atoms with Gasteiger partial charge in [-0.2, -0.15) is 0 Å². The second-order valence-electron chi connectivity index (χ2n) is 4.89. The molecule has 3 atom stereocenters. The van der Waals surface area contributed by atoms with Crippen LogP contribution < -0.4 is 5.32 Å². The first-order valence-electron chi connectivity index (χ1n) is 6.30. The number of nitrogens with one attached hydrogen (secondary N) is 1. The quantitative estimate of drug-likeness (QED) is 0.859. The molecule has 1 fully saturated rings. The predicted octanol–water partition coefficient (Wildman–Crippen LogP) is 4.72. The van der Waals surface area contributed by atoms with Crippen LogP contribution in [0.1, 0.15) is 35.7 Å². The van der Waals surface area contributed by atoms with Gasteiger partial charge in [-0.3, -0.25) is 0 Å². The summed E-state index contributed by atoms with van der Waals surface area (Å²) in [4.78, 5) is 1.40. The molecule has 94 valence electrons. The zero-order valence-electron chi connectivity index (χ0n) is 10.3. The van der Waals surface area contributed by atoms with Gasteiger partial charge >= 0.3 is 0 Å². The Morgan fingerprint density at radius 2 is 2.00 bits per heavy atom. The van der Waals surface area contributed by atoms with Crippen molar-refractivity contribution in [3.63, 3.8) is 0 Å². The molecule has 3 rings (SSSR count). The maximum Gasteiger partial charge on any atom is 0.0701 e. The van der Waals surface area contributed by atoms with E-state index in [0.29, 0.717) is 18.0 Å². The number of hydrogen-bond acceptors (Lipinski definition) is 2. The van der Waals surface area contributed by atoms with Crippen molar-refractivity contribution in [1.82, 2.24) is 5.32 Å². The lowest BCUT2D eigenvalue weighted by Crippen LogP contribution is -2.21. The van der Waals surface area contributed by atoms with Crippen LogP contribution in [0.2, 0.25) is 0 Å². The van der Waals surface area contributed by atoms with Crippen molar-refractivity contribution in [3.8, 4) is 0 Å². The fourth-order valence-corrected chi connectivity index (χ4v) is 3.85. The van der Waals surface area contributed by atoms with Gasteiger partial charge in [-0.25, -0.2) is 0 Å². The zero-order valence-corrected chi connectivity index (χ0v) is 12.7. The molecule has 0 bridgehead atoms. The van der Waals surface area contributed by atoms with E-state index in [1.165, 1.54) is 20.6 Å². The SMILES string of the molecule is CC(NC1CC1c1ccccc1)c1ccc(Br)s1. The summed E-state index contributed by atoms with van der Waals surface area (Å²) in [7, 11) is 0. The molecule has 1 saturated carbocycles. The highest BCUT2D eigenvalue weighted by molar-refractivity contribution is 9.11. The third kappa shape index (κ3) is 2.68. The molecule has 0 spiro atoms. The average molecular weight is 322 g/mol. The topological polar surface area (TPSA) is 12.0 Å². The van der Waals surface area contributed by atoms with E-state index in [1.54, 1.807) is 0 Å². The highest BCUT2D eigenvalue weighted by Gasteiger charge is 2.38. The van der Waals surface area contributed by atoms with Crippen molar-refractivity contribution in [2.45, 2.75) is 31.3 Å². The van der Waals surface area contributed by atoms with Gasteiger partial charge in [-0.05, 0) is 47.0 Å². The number of halogens is 1. The summed E-state index contributed by atoms with van der Waals surface area (Å²) in [5, 5.41) is 3.72. The Morgan fingerprint density at radius 1 is 1.22 bits per heavy atom. The molecular formula is C15H16BrNS. The van der Waals surface area contributed by atoms with E-state index in [4.69, 9.17) is 0 Å².